The molecule has 0 radical (unpaired) electrons. The quantitative estimate of drug-likeness (QED) is 0.650. The number of hydrogen-bond donors (Lipinski definition) is 2. The Labute approximate surface area is 114 Å². The molecule has 5 nitrogen and oxygen atoms in total. The third-order valence-electron chi connectivity index (χ3n) is 2.87. The lowest BCUT2D eigenvalue weighted by atomic mass is 10.1. The predicted molar refractivity (Wildman–Crippen MR) is 72.9 cm³/mol. The molecular formula is C14H13FN2O3. The van der Waals surface area contributed by atoms with E-state index in [-0.39, 0.29) is 18.0 Å². The van der Waals surface area contributed by atoms with E-state index >= 15 is 0 Å². The van der Waals surface area contributed by atoms with Crippen molar-refractivity contribution < 1.29 is 14.4 Å². The number of aliphatic hydroxyl groups is 1. The molecule has 0 spiro atoms. The molecule has 0 saturated heterocycles. The van der Waals surface area contributed by atoms with E-state index in [0.717, 1.165) is 17.7 Å². The van der Waals surface area contributed by atoms with Crippen LogP contribution >= 0.6 is 0 Å². The molecule has 2 aromatic carbocycles. The fourth-order valence-corrected chi connectivity index (χ4v) is 1.89. The summed E-state index contributed by atoms with van der Waals surface area (Å²) in [5, 5.41) is 23.2. The number of nitro groups is 1. The number of rotatable bonds is 5. The van der Waals surface area contributed by atoms with Crippen LogP contribution in [0.3, 0.4) is 0 Å². The van der Waals surface area contributed by atoms with Crippen LogP contribution in [-0.4, -0.2) is 16.6 Å². The Morgan fingerprint density at radius 1 is 1.25 bits per heavy atom. The summed E-state index contributed by atoms with van der Waals surface area (Å²) in [6.45, 7) is -0.238. The maximum absolute atomic E-state index is 13.1. The van der Waals surface area contributed by atoms with Gasteiger partial charge in [0.25, 0.3) is 5.69 Å². The zero-order valence-electron chi connectivity index (χ0n) is 10.5. The molecule has 0 amide bonds. The van der Waals surface area contributed by atoms with Crippen molar-refractivity contribution in [3.05, 3.63) is 70.0 Å². The molecule has 0 aromatic heterocycles. The Hall–Kier alpha value is -2.47. The Kier molecular flexibility index (Phi) is 4.27. The van der Waals surface area contributed by atoms with Gasteiger partial charge < -0.3 is 10.4 Å². The lowest BCUT2D eigenvalue weighted by molar-refractivity contribution is -0.384. The van der Waals surface area contributed by atoms with Gasteiger partial charge >= 0.3 is 0 Å². The predicted octanol–water partition coefficient (Wildman–Crippen LogP) is 2.88. The molecule has 2 aromatic rings. The Bertz CT molecular complexity index is 605. The van der Waals surface area contributed by atoms with E-state index in [1.54, 1.807) is 24.3 Å². The van der Waals surface area contributed by atoms with E-state index in [1.165, 1.54) is 6.07 Å². The molecule has 104 valence electrons. The van der Waals surface area contributed by atoms with Gasteiger partial charge in [0, 0.05) is 0 Å². The molecular weight excluding hydrogens is 263 g/mol. The highest BCUT2D eigenvalue weighted by molar-refractivity contribution is 5.62. The van der Waals surface area contributed by atoms with Crippen LogP contribution in [0.5, 0.6) is 0 Å². The topological polar surface area (TPSA) is 75.4 Å². The lowest BCUT2D eigenvalue weighted by Gasteiger charge is -2.18. The standard InChI is InChI=1S/C14H13FN2O3/c15-11-6-7-12(14(8-11)17(19)20)16-13(9-18)10-4-2-1-3-5-10/h1-8,13,16,18H,9H2. The van der Waals surface area contributed by atoms with Gasteiger partial charge in [-0.2, -0.15) is 0 Å². The summed E-state index contributed by atoms with van der Waals surface area (Å²) in [5.74, 6) is -0.678. The monoisotopic (exact) mass is 276 g/mol. The third kappa shape index (κ3) is 3.10. The molecule has 2 rings (SSSR count). The summed E-state index contributed by atoms with van der Waals surface area (Å²) < 4.78 is 13.1. The van der Waals surface area contributed by atoms with Gasteiger partial charge in [0.15, 0.2) is 0 Å². The first kappa shape index (κ1) is 14.0. The van der Waals surface area contributed by atoms with E-state index in [0.29, 0.717) is 0 Å². The van der Waals surface area contributed by atoms with Crippen molar-refractivity contribution in [2.45, 2.75) is 6.04 Å². The van der Waals surface area contributed by atoms with Crippen molar-refractivity contribution in [3.8, 4) is 0 Å². The number of nitrogens with one attached hydrogen (secondary N) is 1. The first-order chi connectivity index (χ1) is 9.61. The van der Waals surface area contributed by atoms with Gasteiger partial charge in [-0.1, -0.05) is 30.3 Å². The second-order valence-electron chi connectivity index (χ2n) is 4.21. The van der Waals surface area contributed by atoms with Crippen molar-refractivity contribution in [2.24, 2.45) is 0 Å². The van der Waals surface area contributed by atoms with E-state index in [9.17, 15) is 19.6 Å². The molecule has 1 unspecified atom stereocenters. The highest BCUT2D eigenvalue weighted by atomic mass is 19.1. The fourth-order valence-electron chi connectivity index (χ4n) is 1.89. The molecule has 2 N–H and O–H groups in total. The normalized spacial score (nSPS) is 11.9. The highest BCUT2D eigenvalue weighted by Crippen LogP contribution is 2.28. The van der Waals surface area contributed by atoms with Crippen LogP contribution in [0.4, 0.5) is 15.8 Å². The fraction of sp³-hybridized carbons (Fsp3) is 0.143. The number of aliphatic hydroxyl groups excluding tert-OH is 1. The van der Waals surface area contributed by atoms with Crippen LogP contribution in [0.15, 0.2) is 48.5 Å². The number of benzene rings is 2. The smallest absolute Gasteiger partial charge is 0.295 e. The molecule has 20 heavy (non-hydrogen) atoms. The summed E-state index contributed by atoms with van der Waals surface area (Å²) in [7, 11) is 0. The minimum absolute atomic E-state index is 0.166. The van der Waals surface area contributed by atoms with Crippen LogP contribution in [-0.2, 0) is 0 Å². The molecule has 0 aliphatic carbocycles. The van der Waals surface area contributed by atoms with Crippen LogP contribution in [0.25, 0.3) is 0 Å². The van der Waals surface area contributed by atoms with Crippen molar-refractivity contribution in [2.75, 3.05) is 11.9 Å². The van der Waals surface area contributed by atoms with Gasteiger partial charge in [0.2, 0.25) is 0 Å². The Morgan fingerprint density at radius 2 is 1.95 bits per heavy atom. The molecule has 0 aliphatic heterocycles. The summed E-state index contributed by atoms with van der Waals surface area (Å²) in [5.41, 5.74) is 0.590. The highest BCUT2D eigenvalue weighted by Gasteiger charge is 2.18. The van der Waals surface area contributed by atoms with E-state index in [2.05, 4.69) is 5.32 Å². The van der Waals surface area contributed by atoms with Gasteiger partial charge in [-0.15, -0.1) is 0 Å². The summed E-state index contributed by atoms with van der Waals surface area (Å²) >= 11 is 0. The zero-order chi connectivity index (χ0) is 14.5. The van der Waals surface area contributed by atoms with Crippen LogP contribution < -0.4 is 5.32 Å². The largest absolute Gasteiger partial charge is 0.394 e. The van der Waals surface area contributed by atoms with E-state index in [1.807, 2.05) is 6.07 Å². The molecule has 1 atom stereocenters. The zero-order valence-corrected chi connectivity index (χ0v) is 10.5. The number of hydrogen-bond acceptors (Lipinski definition) is 4. The summed E-state index contributed by atoms with van der Waals surface area (Å²) in [4.78, 5) is 10.3. The molecule has 6 heteroatoms. The van der Waals surface area contributed by atoms with Crippen molar-refractivity contribution in [1.29, 1.82) is 0 Å². The summed E-state index contributed by atoms with van der Waals surface area (Å²) in [6.07, 6.45) is 0. The van der Waals surface area contributed by atoms with Gasteiger partial charge in [0.05, 0.1) is 23.6 Å². The number of halogens is 1. The molecule has 0 bridgehead atoms. The van der Waals surface area contributed by atoms with Gasteiger partial charge in [0.1, 0.15) is 11.5 Å². The van der Waals surface area contributed by atoms with Crippen molar-refractivity contribution >= 4 is 11.4 Å². The SMILES string of the molecule is O=[N+]([O-])c1cc(F)ccc1NC(CO)c1ccccc1. The van der Waals surface area contributed by atoms with Gasteiger partial charge in [-0.25, -0.2) is 4.39 Å². The number of anilines is 1. The molecule has 0 saturated carbocycles. The lowest BCUT2D eigenvalue weighted by Crippen LogP contribution is -2.15. The Balaban J connectivity index is 2.31. The third-order valence-corrected chi connectivity index (χ3v) is 2.87. The van der Waals surface area contributed by atoms with Crippen LogP contribution in [0, 0.1) is 15.9 Å². The van der Waals surface area contributed by atoms with Gasteiger partial charge in [-0.05, 0) is 17.7 Å². The minimum Gasteiger partial charge on any atom is -0.394 e. The van der Waals surface area contributed by atoms with Crippen LogP contribution in [0.1, 0.15) is 11.6 Å². The average Bonchev–Trinajstić information content (AvgIpc) is 2.46. The number of nitrogens with zero attached hydrogens (tertiary/aromatic N) is 1. The summed E-state index contributed by atoms with van der Waals surface area (Å²) in [6, 6.07) is 11.8. The first-order valence-corrected chi connectivity index (χ1v) is 5.98. The minimum atomic E-state index is -0.678. The Morgan fingerprint density at radius 3 is 2.55 bits per heavy atom. The van der Waals surface area contributed by atoms with Crippen molar-refractivity contribution in [1.82, 2.24) is 0 Å². The second kappa shape index (κ2) is 6.12. The van der Waals surface area contributed by atoms with E-state index < -0.39 is 16.8 Å². The average molecular weight is 276 g/mol. The van der Waals surface area contributed by atoms with E-state index in [4.69, 9.17) is 0 Å². The van der Waals surface area contributed by atoms with Crippen molar-refractivity contribution in [3.63, 3.8) is 0 Å². The second-order valence-corrected chi connectivity index (χ2v) is 4.21. The molecule has 0 aliphatic rings. The maximum atomic E-state index is 13.1. The molecule has 0 heterocycles. The first-order valence-electron chi connectivity index (χ1n) is 5.98. The molecule has 0 fully saturated rings. The number of nitro benzene ring substituents is 1. The van der Waals surface area contributed by atoms with Gasteiger partial charge in [-0.3, -0.25) is 10.1 Å². The maximum Gasteiger partial charge on any atom is 0.295 e. The van der Waals surface area contributed by atoms with Crippen LogP contribution in [0.2, 0.25) is 0 Å².